The van der Waals surface area contributed by atoms with E-state index in [1.54, 1.807) is 19.1 Å². The minimum Gasteiger partial charge on any atom is -0.439 e. The Labute approximate surface area is 107 Å². The van der Waals surface area contributed by atoms with Gasteiger partial charge < -0.3 is 10.5 Å². The number of aryl methyl sites for hydroxylation is 1. The minimum absolute atomic E-state index is 0.0614. The van der Waals surface area contributed by atoms with Crippen molar-refractivity contribution in [3.05, 3.63) is 51.8 Å². The first kappa shape index (κ1) is 12.7. The molecule has 1 aromatic heterocycles. The molecule has 6 nitrogen and oxygen atoms in total. The molecule has 0 fully saturated rings. The monoisotopic (exact) mass is 263 g/mol. The zero-order valence-electron chi connectivity index (χ0n) is 9.96. The van der Waals surface area contributed by atoms with Gasteiger partial charge in [-0.3, -0.25) is 10.1 Å². The van der Waals surface area contributed by atoms with Gasteiger partial charge in [0.1, 0.15) is 11.6 Å². The van der Waals surface area contributed by atoms with Crippen LogP contribution in [0.15, 0.2) is 30.3 Å². The van der Waals surface area contributed by atoms with Crippen molar-refractivity contribution in [2.75, 3.05) is 5.73 Å². The number of pyridine rings is 1. The van der Waals surface area contributed by atoms with Crippen LogP contribution in [-0.4, -0.2) is 9.91 Å². The topological polar surface area (TPSA) is 91.3 Å². The molecule has 0 aliphatic heterocycles. The summed E-state index contributed by atoms with van der Waals surface area (Å²) in [5, 5.41) is 10.6. The van der Waals surface area contributed by atoms with E-state index in [9.17, 15) is 14.5 Å². The lowest BCUT2D eigenvalue weighted by molar-refractivity contribution is -0.384. The van der Waals surface area contributed by atoms with E-state index in [2.05, 4.69) is 4.98 Å². The number of halogens is 1. The first-order valence-electron chi connectivity index (χ1n) is 5.32. The third kappa shape index (κ3) is 2.76. The number of nitrogens with zero attached hydrogens (tertiary/aromatic N) is 2. The van der Waals surface area contributed by atoms with Crippen molar-refractivity contribution in [2.45, 2.75) is 6.92 Å². The van der Waals surface area contributed by atoms with Crippen molar-refractivity contribution in [1.29, 1.82) is 0 Å². The van der Waals surface area contributed by atoms with Crippen LogP contribution in [0.5, 0.6) is 11.6 Å². The molecule has 0 amide bonds. The number of hydrogen-bond donors (Lipinski definition) is 1. The largest absolute Gasteiger partial charge is 0.439 e. The van der Waals surface area contributed by atoms with E-state index < -0.39 is 10.7 Å². The Balaban J connectivity index is 2.26. The van der Waals surface area contributed by atoms with Crippen molar-refractivity contribution >= 4 is 11.5 Å². The zero-order valence-corrected chi connectivity index (χ0v) is 9.96. The fraction of sp³-hybridized carbons (Fsp3) is 0.0833. The molecule has 0 unspecified atom stereocenters. The summed E-state index contributed by atoms with van der Waals surface area (Å²) in [5.74, 6) is -0.363. The highest BCUT2D eigenvalue weighted by Gasteiger charge is 2.13. The zero-order chi connectivity index (χ0) is 14.0. The number of benzene rings is 1. The molecule has 0 atom stereocenters. The third-order valence-corrected chi connectivity index (χ3v) is 2.44. The molecule has 0 aliphatic carbocycles. The van der Waals surface area contributed by atoms with Crippen LogP contribution in [0.25, 0.3) is 0 Å². The Kier molecular flexibility index (Phi) is 3.28. The molecule has 0 bridgehead atoms. The molecule has 0 radical (unpaired) electrons. The average molecular weight is 263 g/mol. The van der Waals surface area contributed by atoms with Gasteiger partial charge in [0, 0.05) is 18.2 Å². The van der Waals surface area contributed by atoms with Crippen LogP contribution in [-0.2, 0) is 0 Å². The van der Waals surface area contributed by atoms with Gasteiger partial charge in [-0.15, -0.1) is 0 Å². The summed E-state index contributed by atoms with van der Waals surface area (Å²) in [6, 6.07) is 6.81. The number of nitrogens with two attached hydrogens (primary N) is 1. The number of aromatic nitrogens is 1. The maximum atomic E-state index is 13.3. The van der Waals surface area contributed by atoms with E-state index in [1.807, 2.05) is 0 Å². The van der Waals surface area contributed by atoms with Gasteiger partial charge in [0.2, 0.25) is 11.7 Å². The molecular weight excluding hydrogens is 253 g/mol. The Bertz CT molecular complexity index is 646. The normalized spacial score (nSPS) is 10.2. The molecule has 19 heavy (non-hydrogen) atoms. The van der Waals surface area contributed by atoms with Crippen LogP contribution >= 0.6 is 0 Å². The van der Waals surface area contributed by atoms with Crippen LogP contribution in [0, 0.1) is 22.9 Å². The van der Waals surface area contributed by atoms with E-state index in [0.717, 1.165) is 0 Å². The van der Waals surface area contributed by atoms with Crippen molar-refractivity contribution < 1.29 is 14.1 Å². The lowest BCUT2D eigenvalue weighted by Gasteiger charge is -2.06. The van der Waals surface area contributed by atoms with Gasteiger partial charge in [-0.2, -0.15) is 4.98 Å². The van der Waals surface area contributed by atoms with Gasteiger partial charge in [0.15, 0.2) is 0 Å². The number of ether oxygens (including phenoxy) is 1. The highest BCUT2D eigenvalue weighted by Crippen LogP contribution is 2.26. The summed E-state index contributed by atoms with van der Waals surface area (Å²) in [5.41, 5.74) is 5.61. The van der Waals surface area contributed by atoms with Crippen LogP contribution in [0.1, 0.15) is 5.56 Å². The molecule has 0 saturated heterocycles. The van der Waals surface area contributed by atoms with Gasteiger partial charge in [-0.05, 0) is 18.6 Å². The van der Waals surface area contributed by atoms with E-state index in [0.29, 0.717) is 5.56 Å². The van der Waals surface area contributed by atoms with Crippen molar-refractivity contribution in [3.8, 4) is 11.6 Å². The second kappa shape index (κ2) is 4.89. The second-order valence-electron chi connectivity index (χ2n) is 3.82. The lowest BCUT2D eigenvalue weighted by atomic mass is 10.2. The number of nitro groups is 1. The molecule has 1 heterocycles. The Hall–Kier alpha value is -2.70. The molecule has 0 aliphatic rings. The summed E-state index contributed by atoms with van der Waals surface area (Å²) in [4.78, 5) is 13.7. The second-order valence-corrected chi connectivity index (χ2v) is 3.82. The predicted octanol–water partition coefficient (Wildman–Crippen LogP) is 2.81. The number of hydrogen-bond acceptors (Lipinski definition) is 5. The Morgan fingerprint density at radius 3 is 2.68 bits per heavy atom. The van der Waals surface area contributed by atoms with Crippen molar-refractivity contribution in [1.82, 2.24) is 4.98 Å². The molecule has 2 aromatic rings. The average Bonchev–Trinajstić information content (AvgIpc) is 2.33. The van der Waals surface area contributed by atoms with Crippen LogP contribution < -0.4 is 10.5 Å². The molecule has 0 saturated carbocycles. The van der Waals surface area contributed by atoms with E-state index >= 15 is 0 Å². The summed E-state index contributed by atoms with van der Waals surface area (Å²) >= 11 is 0. The van der Waals surface area contributed by atoms with Crippen LogP contribution in [0.2, 0.25) is 0 Å². The van der Waals surface area contributed by atoms with Crippen molar-refractivity contribution in [3.63, 3.8) is 0 Å². The summed E-state index contributed by atoms with van der Waals surface area (Å²) in [7, 11) is 0. The van der Waals surface area contributed by atoms with E-state index in [-0.39, 0.29) is 23.1 Å². The van der Waals surface area contributed by atoms with E-state index in [4.69, 9.17) is 10.5 Å². The standard InChI is InChI=1S/C12H10FN3O3/c1-7-2-3-8(6-9(7)13)19-11-5-4-10(16(17)18)12(14)15-11/h2-6H,1H3,(H2,14,15). The quantitative estimate of drug-likeness (QED) is 0.679. The maximum absolute atomic E-state index is 13.3. The molecule has 1 aromatic carbocycles. The minimum atomic E-state index is -0.641. The molecule has 2 N–H and O–H groups in total. The molecular formula is C12H10FN3O3. The van der Waals surface area contributed by atoms with Crippen LogP contribution in [0.3, 0.4) is 0 Å². The first-order valence-corrected chi connectivity index (χ1v) is 5.32. The fourth-order valence-electron chi connectivity index (χ4n) is 1.42. The van der Waals surface area contributed by atoms with Crippen molar-refractivity contribution in [2.24, 2.45) is 0 Å². The molecule has 2 rings (SSSR count). The van der Waals surface area contributed by atoms with Gasteiger partial charge in [-0.25, -0.2) is 4.39 Å². The number of nitrogen functional groups attached to an aromatic ring is 1. The molecule has 98 valence electrons. The maximum Gasteiger partial charge on any atom is 0.311 e. The fourth-order valence-corrected chi connectivity index (χ4v) is 1.42. The Morgan fingerprint density at radius 1 is 1.37 bits per heavy atom. The Morgan fingerprint density at radius 2 is 2.11 bits per heavy atom. The summed E-state index contributed by atoms with van der Waals surface area (Å²) in [6.07, 6.45) is 0. The highest BCUT2D eigenvalue weighted by atomic mass is 19.1. The predicted molar refractivity (Wildman–Crippen MR) is 66.5 cm³/mol. The van der Waals surface area contributed by atoms with Gasteiger partial charge in [-0.1, -0.05) is 6.07 Å². The highest BCUT2D eigenvalue weighted by molar-refractivity contribution is 5.53. The molecule has 7 heteroatoms. The third-order valence-electron chi connectivity index (χ3n) is 2.44. The SMILES string of the molecule is Cc1ccc(Oc2ccc([N+](=O)[O-])c(N)n2)cc1F. The van der Waals surface area contributed by atoms with E-state index in [1.165, 1.54) is 18.2 Å². The summed E-state index contributed by atoms with van der Waals surface area (Å²) < 4.78 is 18.6. The molecule has 0 spiro atoms. The van der Waals surface area contributed by atoms with Gasteiger partial charge in [0.05, 0.1) is 4.92 Å². The number of anilines is 1. The summed E-state index contributed by atoms with van der Waals surface area (Å²) in [6.45, 7) is 1.63. The first-order chi connectivity index (χ1) is 8.97. The van der Waals surface area contributed by atoms with Gasteiger partial charge in [0.25, 0.3) is 0 Å². The van der Waals surface area contributed by atoms with Gasteiger partial charge >= 0.3 is 5.69 Å². The smallest absolute Gasteiger partial charge is 0.311 e. The lowest BCUT2D eigenvalue weighted by Crippen LogP contribution is -1.99. The van der Waals surface area contributed by atoms with Crippen LogP contribution in [0.4, 0.5) is 15.9 Å². The number of rotatable bonds is 3.